The smallest absolute Gasteiger partial charge is 0.303 e. The molecule has 0 spiro atoms. The third-order valence-corrected chi connectivity index (χ3v) is 4.46. The fraction of sp³-hybridized carbons (Fsp3) is 0.417. The van der Waals surface area contributed by atoms with Gasteiger partial charge in [0.2, 0.25) is 10.0 Å². The van der Waals surface area contributed by atoms with Crippen LogP contribution in [0.3, 0.4) is 0 Å². The van der Waals surface area contributed by atoms with E-state index in [0.29, 0.717) is 0 Å². The molecule has 0 fully saturated rings. The number of halogens is 1. The van der Waals surface area contributed by atoms with Crippen molar-refractivity contribution in [2.75, 3.05) is 16.6 Å². The summed E-state index contributed by atoms with van der Waals surface area (Å²) in [6, 6.07) is 5.30. The highest BCUT2D eigenvalue weighted by Crippen LogP contribution is 2.19. The Bertz CT molecular complexity index is 544. The predicted molar refractivity (Wildman–Crippen MR) is 70.1 cm³/mol. The number of hydrogen-bond acceptors (Lipinski definition) is 3. The molecular weight excluding hydrogens is 273 g/mol. The molecule has 1 N–H and O–H groups in total. The van der Waals surface area contributed by atoms with Crippen LogP contribution in [0.25, 0.3) is 0 Å². The molecule has 106 valence electrons. The first-order valence-electron chi connectivity index (χ1n) is 5.84. The molecule has 7 heteroatoms. The highest BCUT2D eigenvalue weighted by Gasteiger charge is 2.21. The molecule has 0 saturated heterocycles. The lowest BCUT2D eigenvalue weighted by atomic mass is 10.3. The van der Waals surface area contributed by atoms with Gasteiger partial charge >= 0.3 is 5.97 Å². The molecule has 0 aromatic heterocycles. The summed E-state index contributed by atoms with van der Waals surface area (Å²) in [7, 11) is -3.63. The molecule has 0 atom stereocenters. The summed E-state index contributed by atoms with van der Waals surface area (Å²) in [5.74, 6) is -1.83. The first-order valence-corrected chi connectivity index (χ1v) is 7.45. The van der Waals surface area contributed by atoms with Gasteiger partial charge in [-0.3, -0.25) is 9.10 Å². The van der Waals surface area contributed by atoms with Crippen LogP contribution in [0, 0.1) is 5.82 Å². The quantitative estimate of drug-likeness (QED) is 0.831. The third-order valence-electron chi connectivity index (χ3n) is 2.51. The Morgan fingerprint density at radius 1 is 1.42 bits per heavy atom. The minimum Gasteiger partial charge on any atom is -0.481 e. The van der Waals surface area contributed by atoms with E-state index in [4.69, 9.17) is 5.11 Å². The van der Waals surface area contributed by atoms with Gasteiger partial charge in [-0.15, -0.1) is 0 Å². The number of sulfonamides is 1. The fourth-order valence-electron chi connectivity index (χ4n) is 1.69. The second kappa shape index (κ2) is 6.51. The third kappa shape index (κ3) is 4.51. The largest absolute Gasteiger partial charge is 0.481 e. The van der Waals surface area contributed by atoms with Crippen molar-refractivity contribution in [3.8, 4) is 0 Å². The van der Waals surface area contributed by atoms with Crippen LogP contribution in [0.2, 0.25) is 0 Å². The zero-order chi connectivity index (χ0) is 14.5. The van der Waals surface area contributed by atoms with Gasteiger partial charge in [0.15, 0.2) is 0 Å². The van der Waals surface area contributed by atoms with E-state index in [1.165, 1.54) is 18.2 Å². The fourth-order valence-corrected chi connectivity index (χ4v) is 3.24. The maximum absolute atomic E-state index is 13.1. The Morgan fingerprint density at radius 3 is 2.63 bits per heavy atom. The Morgan fingerprint density at radius 2 is 2.11 bits per heavy atom. The minimum absolute atomic E-state index is 0.0312. The van der Waals surface area contributed by atoms with Gasteiger partial charge in [0.05, 0.1) is 11.4 Å². The zero-order valence-electron chi connectivity index (χ0n) is 10.5. The molecule has 1 rings (SSSR count). The van der Waals surface area contributed by atoms with Crippen molar-refractivity contribution in [2.45, 2.75) is 19.8 Å². The summed E-state index contributed by atoms with van der Waals surface area (Å²) >= 11 is 0. The van der Waals surface area contributed by atoms with Crippen LogP contribution >= 0.6 is 0 Å². The van der Waals surface area contributed by atoms with Crippen molar-refractivity contribution in [1.82, 2.24) is 0 Å². The number of carboxylic acid groups (broad SMARTS) is 1. The highest BCUT2D eigenvalue weighted by atomic mass is 32.2. The minimum atomic E-state index is -3.63. The van der Waals surface area contributed by atoms with Crippen LogP contribution in [0.15, 0.2) is 24.3 Å². The summed E-state index contributed by atoms with van der Waals surface area (Å²) < 4.78 is 38.3. The van der Waals surface area contributed by atoms with Gasteiger partial charge in [0, 0.05) is 13.0 Å². The first-order chi connectivity index (χ1) is 8.86. The van der Waals surface area contributed by atoms with Crippen molar-refractivity contribution in [3.63, 3.8) is 0 Å². The molecule has 0 bridgehead atoms. The van der Waals surface area contributed by atoms with Crippen molar-refractivity contribution in [3.05, 3.63) is 30.1 Å². The number of benzene rings is 1. The number of aliphatic carboxylic acids is 1. The number of rotatable bonds is 7. The van der Waals surface area contributed by atoms with Crippen molar-refractivity contribution in [2.24, 2.45) is 0 Å². The topological polar surface area (TPSA) is 74.7 Å². The normalized spacial score (nSPS) is 11.3. The van der Waals surface area contributed by atoms with Gasteiger partial charge in [-0.2, -0.15) is 0 Å². The monoisotopic (exact) mass is 289 g/mol. The molecule has 1 aromatic carbocycles. The van der Waals surface area contributed by atoms with Gasteiger partial charge < -0.3 is 5.11 Å². The Hall–Kier alpha value is -1.63. The Labute approximate surface area is 111 Å². The van der Waals surface area contributed by atoms with Gasteiger partial charge in [-0.1, -0.05) is 6.07 Å². The molecule has 0 amide bonds. The highest BCUT2D eigenvalue weighted by molar-refractivity contribution is 7.92. The van der Waals surface area contributed by atoms with Crippen LogP contribution in [-0.2, 0) is 14.8 Å². The maximum Gasteiger partial charge on any atom is 0.303 e. The molecule has 0 aliphatic rings. The van der Waals surface area contributed by atoms with E-state index in [2.05, 4.69) is 0 Å². The number of carbonyl (C=O) groups is 1. The van der Waals surface area contributed by atoms with E-state index in [9.17, 15) is 17.6 Å². The summed E-state index contributed by atoms with van der Waals surface area (Å²) in [6.45, 7) is 1.80. The lowest BCUT2D eigenvalue weighted by molar-refractivity contribution is -0.137. The van der Waals surface area contributed by atoms with Crippen molar-refractivity contribution < 1.29 is 22.7 Å². The molecule has 0 aliphatic carbocycles. The van der Waals surface area contributed by atoms with Crippen LogP contribution < -0.4 is 4.31 Å². The Balaban J connectivity index is 2.86. The Kier molecular flexibility index (Phi) is 5.29. The standard InChI is InChI=1S/C12H16FNO4S/c1-2-14(11-6-3-5-10(13)9-11)19(17,18)8-4-7-12(15)16/h3,5-6,9H,2,4,7-8H2,1H3,(H,15,16). The van der Waals surface area contributed by atoms with Gasteiger partial charge in [0.1, 0.15) is 5.82 Å². The molecule has 0 radical (unpaired) electrons. The SMILES string of the molecule is CCN(c1cccc(F)c1)S(=O)(=O)CCCC(=O)O. The van der Waals surface area contributed by atoms with E-state index >= 15 is 0 Å². The van der Waals surface area contributed by atoms with Gasteiger partial charge in [-0.05, 0) is 31.5 Å². The van der Waals surface area contributed by atoms with Crippen LogP contribution in [0.4, 0.5) is 10.1 Å². The van der Waals surface area contributed by atoms with E-state index in [0.717, 1.165) is 10.4 Å². The molecule has 0 unspecified atom stereocenters. The lowest BCUT2D eigenvalue weighted by Crippen LogP contribution is -2.33. The van der Waals surface area contributed by atoms with E-state index in [1.54, 1.807) is 6.92 Å². The second-order valence-corrected chi connectivity index (χ2v) is 5.97. The summed E-state index contributed by atoms with van der Waals surface area (Å²) in [6.07, 6.45) is -0.177. The van der Waals surface area contributed by atoms with Crippen molar-refractivity contribution >= 4 is 21.7 Å². The van der Waals surface area contributed by atoms with Crippen LogP contribution in [0.1, 0.15) is 19.8 Å². The van der Waals surface area contributed by atoms with E-state index < -0.39 is 21.8 Å². The first kappa shape index (κ1) is 15.4. The zero-order valence-corrected chi connectivity index (χ0v) is 11.4. The second-order valence-electron chi connectivity index (χ2n) is 3.96. The average Bonchev–Trinajstić information content (AvgIpc) is 2.28. The van der Waals surface area contributed by atoms with Gasteiger partial charge in [0.25, 0.3) is 0 Å². The molecule has 19 heavy (non-hydrogen) atoms. The van der Waals surface area contributed by atoms with Gasteiger partial charge in [-0.25, -0.2) is 12.8 Å². The van der Waals surface area contributed by atoms with Crippen LogP contribution in [0.5, 0.6) is 0 Å². The number of anilines is 1. The molecule has 1 aromatic rings. The number of nitrogens with zero attached hydrogens (tertiary/aromatic N) is 1. The summed E-state index contributed by atoms with van der Waals surface area (Å²) in [5, 5.41) is 8.50. The molecule has 0 aliphatic heterocycles. The number of hydrogen-bond donors (Lipinski definition) is 1. The number of carboxylic acids is 1. The van der Waals surface area contributed by atoms with Crippen molar-refractivity contribution in [1.29, 1.82) is 0 Å². The molecule has 5 nitrogen and oxygen atoms in total. The van der Waals surface area contributed by atoms with Crippen LogP contribution in [-0.4, -0.2) is 31.8 Å². The molecule has 0 saturated carbocycles. The molecular formula is C12H16FNO4S. The average molecular weight is 289 g/mol. The maximum atomic E-state index is 13.1. The predicted octanol–water partition coefficient (Wildman–Crippen LogP) is 1.85. The molecule has 0 heterocycles. The summed E-state index contributed by atoms with van der Waals surface area (Å²) in [5.41, 5.74) is 0.248. The van der Waals surface area contributed by atoms with E-state index in [1.807, 2.05) is 0 Å². The lowest BCUT2D eigenvalue weighted by Gasteiger charge is -2.22. The summed E-state index contributed by atoms with van der Waals surface area (Å²) in [4.78, 5) is 10.4. The van der Waals surface area contributed by atoms with E-state index in [-0.39, 0.29) is 30.8 Å².